The van der Waals surface area contributed by atoms with E-state index in [4.69, 9.17) is 41.0 Å². The van der Waals surface area contributed by atoms with Gasteiger partial charge in [0.1, 0.15) is 23.4 Å². The number of methoxy groups -OCH3 is 2. The lowest BCUT2D eigenvalue weighted by Crippen LogP contribution is -2.37. The van der Waals surface area contributed by atoms with E-state index in [1.165, 1.54) is 0 Å². The Labute approximate surface area is 304 Å². The maximum absolute atomic E-state index is 11.3. The van der Waals surface area contributed by atoms with Crippen LogP contribution in [0.2, 0.25) is 0 Å². The highest BCUT2D eigenvalue weighted by atomic mass is 19.4. The highest BCUT2D eigenvalue weighted by molar-refractivity contribution is 5.78. The number of amides is 2. The van der Waals surface area contributed by atoms with Crippen LogP contribution in [0.1, 0.15) is 22.3 Å². The summed E-state index contributed by atoms with van der Waals surface area (Å²) in [5.41, 5.74) is 8.25. The van der Waals surface area contributed by atoms with Gasteiger partial charge in [-0.05, 0) is 36.4 Å². The average molecular weight is 771 g/mol. The first-order valence-electron chi connectivity index (χ1n) is 15.1. The van der Waals surface area contributed by atoms with Gasteiger partial charge in [-0.25, -0.2) is 20.8 Å². The largest absolute Gasteiger partial charge is 0.542 e. The van der Waals surface area contributed by atoms with E-state index in [1.807, 2.05) is 107 Å². The summed E-state index contributed by atoms with van der Waals surface area (Å²) in [6, 6.07) is 23.3. The number of hydrazine groups is 2. The topological polar surface area (TPSA) is 217 Å². The zero-order valence-electron chi connectivity index (χ0n) is 28.6. The number of pyridine rings is 2. The lowest BCUT2D eigenvalue weighted by atomic mass is 10.1. The normalized spacial score (nSPS) is 10.4. The Morgan fingerprint density at radius 1 is 0.611 bits per heavy atom. The molecule has 2 amide bonds. The number of para-hydroxylation sites is 2. The molecule has 4 rings (SSSR count). The third kappa shape index (κ3) is 17.8. The predicted octanol–water partition coefficient (Wildman–Crippen LogP) is -0.276. The zero-order chi connectivity index (χ0) is 40.9. The number of rotatable bonds is 10. The Balaban J connectivity index is 0.000000402. The van der Waals surface area contributed by atoms with Crippen molar-refractivity contribution in [1.82, 2.24) is 10.9 Å². The molecule has 20 heteroatoms. The standard InChI is InChI=1S/2C15H17N3O2.2C2HF3O2/c2*1-20-14-7-3-2-6-13(14)11-18-8-4-5-12(10-18)9-15(19)17-16;2*3-2(4,5)1(6)7/h2*2-8,10H,9,11,16H2,1H3;2*(H,6,7). The molecule has 0 spiro atoms. The number of nitrogens with two attached hydrogens (primary N) is 2. The summed E-state index contributed by atoms with van der Waals surface area (Å²) in [6.45, 7) is 1.37. The molecule has 0 atom stereocenters. The number of aromatic nitrogens is 2. The van der Waals surface area contributed by atoms with Crippen LogP contribution in [0.3, 0.4) is 0 Å². The van der Waals surface area contributed by atoms with Gasteiger partial charge in [0.2, 0.25) is 11.8 Å². The number of benzene rings is 2. The van der Waals surface area contributed by atoms with Crippen LogP contribution in [-0.4, -0.2) is 50.3 Å². The third-order valence-corrected chi connectivity index (χ3v) is 6.44. The molecule has 4 aromatic rings. The minimum Gasteiger partial charge on any atom is -0.542 e. The highest BCUT2D eigenvalue weighted by Crippen LogP contribution is 2.18. The smallest absolute Gasteiger partial charge is 0.430 e. The van der Waals surface area contributed by atoms with E-state index >= 15 is 0 Å². The van der Waals surface area contributed by atoms with Crippen molar-refractivity contribution in [2.45, 2.75) is 38.3 Å². The molecule has 2 aromatic heterocycles. The maximum Gasteiger partial charge on any atom is 0.430 e. The number of halogens is 6. The minimum atomic E-state index is -5.19. The second-order valence-electron chi connectivity index (χ2n) is 10.5. The Morgan fingerprint density at radius 2 is 0.926 bits per heavy atom. The van der Waals surface area contributed by atoms with Gasteiger partial charge in [-0.3, -0.25) is 20.4 Å². The number of carbonyl (C=O) groups is 4. The Morgan fingerprint density at radius 3 is 1.20 bits per heavy atom. The second-order valence-corrected chi connectivity index (χ2v) is 10.5. The molecule has 0 bridgehead atoms. The van der Waals surface area contributed by atoms with Gasteiger partial charge >= 0.3 is 12.4 Å². The summed E-state index contributed by atoms with van der Waals surface area (Å²) < 4.78 is 77.8. The summed E-state index contributed by atoms with van der Waals surface area (Å²) >= 11 is 0. The minimum absolute atomic E-state index is 0.208. The molecule has 0 aliphatic heterocycles. The van der Waals surface area contributed by atoms with Crippen LogP contribution in [0, 0.1) is 0 Å². The lowest BCUT2D eigenvalue weighted by molar-refractivity contribution is -0.688. The number of hydrogen-bond acceptors (Lipinski definition) is 10. The van der Waals surface area contributed by atoms with E-state index in [2.05, 4.69) is 10.9 Å². The first-order chi connectivity index (χ1) is 25.3. The second kappa shape index (κ2) is 22.6. The summed E-state index contributed by atoms with van der Waals surface area (Å²) in [4.78, 5) is 40.1. The van der Waals surface area contributed by atoms with Crippen molar-refractivity contribution in [3.05, 3.63) is 120 Å². The Kier molecular flexibility index (Phi) is 19.2. The molecular weight excluding hydrogens is 734 g/mol. The van der Waals surface area contributed by atoms with Gasteiger partial charge < -0.3 is 29.3 Å². The van der Waals surface area contributed by atoms with Gasteiger partial charge in [-0.1, -0.05) is 24.3 Å². The van der Waals surface area contributed by atoms with Crippen LogP contribution in [0.25, 0.3) is 0 Å². The predicted molar refractivity (Wildman–Crippen MR) is 172 cm³/mol. The van der Waals surface area contributed by atoms with Crippen molar-refractivity contribution in [2.75, 3.05) is 14.2 Å². The summed E-state index contributed by atoms with van der Waals surface area (Å²) in [5.74, 6) is 5.47. The Hall–Kier alpha value is -6.28. The first-order valence-corrected chi connectivity index (χ1v) is 15.1. The number of nitrogens with one attached hydrogen (secondary N) is 2. The fraction of sp³-hybridized carbons (Fsp3) is 0.235. The average Bonchev–Trinajstić information content (AvgIpc) is 3.12. The number of carboxylic acid groups (broad SMARTS) is 2. The van der Waals surface area contributed by atoms with E-state index in [9.17, 15) is 35.9 Å². The molecule has 0 radical (unpaired) electrons. The van der Waals surface area contributed by atoms with E-state index in [1.54, 1.807) is 14.2 Å². The van der Waals surface area contributed by atoms with Crippen molar-refractivity contribution in [2.24, 2.45) is 11.7 Å². The molecule has 0 aliphatic carbocycles. The molecule has 14 nitrogen and oxygen atoms in total. The molecule has 0 unspecified atom stereocenters. The van der Waals surface area contributed by atoms with Crippen LogP contribution in [0.15, 0.2) is 97.6 Å². The lowest BCUT2D eigenvalue weighted by Gasteiger charge is -2.06. The molecule has 2 heterocycles. The number of alkyl halides is 6. The number of ether oxygens (including phenoxy) is 2. The van der Waals surface area contributed by atoms with Crippen molar-refractivity contribution in [1.29, 1.82) is 0 Å². The molecule has 292 valence electrons. The molecule has 2 aromatic carbocycles. The summed E-state index contributed by atoms with van der Waals surface area (Å²) in [7, 11) is 3.32. The number of nitrogens with zero attached hydrogens (tertiary/aromatic N) is 2. The monoisotopic (exact) mass is 770 g/mol. The third-order valence-electron chi connectivity index (χ3n) is 6.44. The summed E-state index contributed by atoms with van der Waals surface area (Å²) in [5, 5.41) is 17.6. The number of carboxylic acids is 2. The van der Waals surface area contributed by atoms with Gasteiger partial charge in [-0.15, -0.1) is 0 Å². The molecule has 0 fully saturated rings. The van der Waals surface area contributed by atoms with Gasteiger partial charge in [0, 0.05) is 23.3 Å². The Bertz CT molecular complexity index is 1700. The van der Waals surface area contributed by atoms with Gasteiger partial charge in [0.15, 0.2) is 37.9 Å². The fourth-order valence-corrected chi connectivity index (χ4v) is 4.09. The van der Waals surface area contributed by atoms with Gasteiger partial charge in [-0.2, -0.15) is 26.3 Å². The van der Waals surface area contributed by atoms with Crippen molar-refractivity contribution >= 4 is 23.8 Å². The van der Waals surface area contributed by atoms with Crippen LogP contribution < -0.4 is 51.4 Å². The van der Waals surface area contributed by atoms with Gasteiger partial charge in [0.25, 0.3) is 0 Å². The van der Waals surface area contributed by atoms with Crippen LogP contribution in [-0.2, 0) is 45.1 Å². The van der Waals surface area contributed by atoms with Crippen molar-refractivity contribution in [3.63, 3.8) is 0 Å². The molecular formula is C34H36F6N6O8. The highest BCUT2D eigenvalue weighted by Gasteiger charge is 2.29. The first kappa shape index (κ1) is 45.7. The van der Waals surface area contributed by atoms with E-state index in [0.29, 0.717) is 13.1 Å². The number of hydrogen-bond donors (Lipinski definition) is 4. The zero-order valence-corrected chi connectivity index (χ0v) is 28.6. The molecule has 0 aliphatic rings. The van der Waals surface area contributed by atoms with E-state index < -0.39 is 24.3 Å². The quantitative estimate of drug-likeness (QED) is 0.0544. The SMILES string of the molecule is COc1ccccc1C[n+]1cccc(CC(=O)NN)c1.COc1ccccc1C[n+]1cccc(CC(=O)NN)c1.O=C([O-])C(F)(F)F.O=C([O-])C(F)(F)F. The van der Waals surface area contributed by atoms with Crippen molar-refractivity contribution in [3.8, 4) is 11.5 Å². The van der Waals surface area contributed by atoms with Crippen LogP contribution in [0.5, 0.6) is 11.5 Å². The molecule has 0 saturated carbocycles. The number of carbonyl (C=O) groups excluding carboxylic acids is 4. The van der Waals surface area contributed by atoms with Crippen LogP contribution in [0.4, 0.5) is 26.3 Å². The van der Waals surface area contributed by atoms with Gasteiger partial charge in [0.05, 0.1) is 38.2 Å². The van der Waals surface area contributed by atoms with E-state index in [-0.39, 0.29) is 24.7 Å². The molecule has 54 heavy (non-hydrogen) atoms. The van der Waals surface area contributed by atoms with Crippen LogP contribution >= 0.6 is 0 Å². The molecule has 0 saturated heterocycles. The number of aliphatic carboxylic acids is 2. The summed E-state index contributed by atoms with van der Waals surface area (Å²) in [6.07, 6.45) is -2.08. The van der Waals surface area contributed by atoms with E-state index in [0.717, 1.165) is 33.8 Å². The maximum atomic E-state index is 11.3. The fourth-order valence-electron chi connectivity index (χ4n) is 4.09. The molecule has 6 N–H and O–H groups in total. The van der Waals surface area contributed by atoms with Crippen molar-refractivity contribution < 1.29 is 74.3 Å².